The monoisotopic (exact) mass is 221 g/mol. The maximum atomic E-state index is 11.2. The number of methoxy groups -OCH3 is 1. The van der Waals surface area contributed by atoms with Gasteiger partial charge in [-0.1, -0.05) is 6.07 Å². The van der Waals surface area contributed by atoms with Gasteiger partial charge in [0.15, 0.2) is 0 Å². The molecule has 1 aromatic heterocycles. The van der Waals surface area contributed by atoms with Crippen molar-refractivity contribution in [1.29, 1.82) is 0 Å². The van der Waals surface area contributed by atoms with E-state index >= 15 is 0 Å². The molecule has 0 aromatic carbocycles. The first-order chi connectivity index (χ1) is 7.78. The number of hydrogen-bond acceptors (Lipinski definition) is 4. The molecule has 0 bridgehead atoms. The van der Waals surface area contributed by atoms with Gasteiger partial charge in [-0.25, -0.2) is 4.98 Å². The van der Waals surface area contributed by atoms with Crippen molar-refractivity contribution in [3.05, 3.63) is 23.9 Å². The van der Waals surface area contributed by atoms with Gasteiger partial charge in [-0.15, -0.1) is 0 Å². The summed E-state index contributed by atoms with van der Waals surface area (Å²) in [6, 6.07) is 3.80. The van der Waals surface area contributed by atoms with E-state index in [9.17, 15) is 4.79 Å². The quantitative estimate of drug-likeness (QED) is 0.782. The zero-order valence-corrected chi connectivity index (χ0v) is 9.27. The minimum absolute atomic E-state index is 0.0905. The zero-order valence-electron chi connectivity index (χ0n) is 9.27. The molecule has 1 aromatic rings. The molecule has 1 amide bonds. The summed E-state index contributed by atoms with van der Waals surface area (Å²) in [7, 11) is 1.59. The number of nitrogens with zero attached hydrogens (tertiary/aromatic N) is 2. The summed E-state index contributed by atoms with van der Waals surface area (Å²) >= 11 is 0. The first kappa shape index (κ1) is 10.9. The van der Waals surface area contributed by atoms with Crippen LogP contribution in [0.5, 0.6) is 5.88 Å². The van der Waals surface area contributed by atoms with Gasteiger partial charge in [-0.3, -0.25) is 9.69 Å². The molecule has 1 fully saturated rings. The molecule has 1 N–H and O–H groups in total. The van der Waals surface area contributed by atoms with Gasteiger partial charge in [-0.05, 0) is 5.56 Å². The summed E-state index contributed by atoms with van der Waals surface area (Å²) in [5.74, 6) is 0.702. The third kappa shape index (κ3) is 2.70. The highest BCUT2D eigenvalue weighted by Crippen LogP contribution is 2.09. The fraction of sp³-hybridized carbons (Fsp3) is 0.455. The molecule has 0 radical (unpaired) electrons. The van der Waals surface area contributed by atoms with Gasteiger partial charge >= 0.3 is 0 Å². The molecule has 86 valence electrons. The normalized spacial score (nSPS) is 16.9. The van der Waals surface area contributed by atoms with Crippen molar-refractivity contribution in [1.82, 2.24) is 15.2 Å². The fourth-order valence-corrected chi connectivity index (χ4v) is 1.71. The molecule has 0 spiro atoms. The number of amides is 1. The van der Waals surface area contributed by atoms with Crippen molar-refractivity contribution in [3.8, 4) is 5.88 Å². The molecule has 5 heteroatoms. The first-order valence-electron chi connectivity index (χ1n) is 5.26. The predicted octanol–water partition coefficient (Wildman–Crippen LogP) is 0.0220. The van der Waals surface area contributed by atoms with Crippen LogP contribution in [0.4, 0.5) is 0 Å². The SMILES string of the molecule is COc1ccc(CN2CCNC(=O)C2)cn1. The van der Waals surface area contributed by atoms with Gasteiger partial charge in [-0.2, -0.15) is 0 Å². The second-order valence-electron chi connectivity index (χ2n) is 3.77. The Labute approximate surface area is 94.4 Å². The highest BCUT2D eigenvalue weighted by molar-refractivity contribution is 5.78. The van der Waals surface area contributed by atoms with Crippen molar-refractivity contribution in [3.63, 3.8) is 0 Å². The minimum atomic E-state index is 0.0905. The number of carbonyl (C=O) groups is 1. The van der Waals surface area contributed by atoms with Crippen molar-refractivity contribution in [2.45, 2.75) is 6.54 Å². The number of piperazine rings is 1. The lowest BCUT2D eigenvalue weighted by molar-refractivity contribution is -0.124. The average molecular weight is 221 g/mol. The zero-order chi connectivity index (χ0) is 11.4. The molecule has 0 atom stereocenters. The third-order valence-electron chi connectivity index (χ3n) is 2.53. The smallest absolute Gasteiger partial charge is 0.234 e. The number of aromatic nitrogens is 1. The Kier molecular flexibility index (Phi) is 3.36. The van der Waals surface area contributed by atoms with Crippen LogP contribution in [-0.2, 0) is 11.3 Å². The summed E-state index contributed by atoms with van der Waals surface area (Å²) in [4.78, 5) is 17.4. The Balaban J connectivity index is 1.94. The fourth-order valence-electron chi connectivity index (χ4n) is 1.71. The van der Waals surface area contributed by atoms with Gasteiger partial charge in [0.2, 0.25) is 11.8 Å². The number of nitrogens with one attached hydrogen (secondary N) is 1. The predicted molar refractivity (Wildman–Crippen MR) is 59.1 cm³/mol. The van der Waals surface area contributed by atoms with E-state index < -0.39 is 0 Å². The Morgan fingerprint density at radius 2 is 2.44 bits per heavy atom. The minimum Gasteiger partial charge on any atom is -0.481 e. The van der Waals surface area contributed by atoms with Crippen LogP contribution in [0.2, 0.25) is 0 Å². The topological polar surface area (TPSA) is 54.5 Å². The van der Waals surface area contributed by atoms with Crippen LogP contribution in [0, 0.1) is 0 Å². The van der Waals surface area contributed by atoms with E-state index in [1.807, 2.05) is 12.1 Å². The van der Waals surface area contributed by atoms with E-state index in [1.165, 1.54) is 0 Å². The second kappa shape index (κ2) is 4.94. The van der Waals surface area contributed by atoms with Gasteiger partial charge in [0.25, 0.3) is 0 Å². The Hall–Kier alpha value is -1.62. The van der Waals surface area contributed by atoms with Gasteiger partial charge in [0.05, 0.1) is 13.7 Å². The third-order valence-corrected chi connectivity index (χ3v) is 2.53. The van der Waals surface area contributed by atoms with E-state index in [2.05, 4.69) is 15.2 Å². The molecule has 0 unspecified atom stereocenters. The summed E-state index contributed by atoms with van der Waals surface area (Å²) in [6.45, 7) is 2.83. The lowest BCUT2D eigenvalue weighted by Crippen LogP contribution is -2.47. The summed E-state index contributed by atoms with van der Waals surface area (Å²) in [6.07, 6.45) is 1.78. The van der Waals surface area contributed by atoms with Crippen LogP contribution in [0.25, 0.3) is 0 Å². The van der Waals surface area contributed by atoms with Crippen LogP contribution in [0.1, 0.15) is 5.56 Å². The van der Waals surface area contributed by atoms with E-state index in [0.29, 0.717) is 12.4 Å². The number of ether oxygens (including phenoxy) is 1. The lowest BCUT2D eigenvalue weighted by atomic mass is 10.2. The molecule has 2 rings (SSSR count). The van der Waals surface area contributed by atoms with Crippen LogP contribution >= 0.6 is 0 Å². The number of rotatable bonds is 3. The molecule has 0 saturated carbocycles. The molecule has 1 saturated heterocycles. The molecular weight excluding hydrogens is 206 g/mol. The van der Waals surface area contributed by atoms with Crippen molar-refractivity contribution in [2.24, 2.45) is 0 Å². The summed E-state index contributed by atoms with van der Waals surface area (Å²) in [5, 5.41) is 2.80. The van der Waals surface area contributed by atoms with Crippen molar-refractivity contribution < 1.29 is 9.53 Å². The molecular formula is C11H15N3O2. The highest BCUT2D eigenvalue weighted by atomic mass is 16.5. The molecule has 1 aliphatic rings. The van der Waals surface area contributed by atoms with E-state index in [-0.39, 0.29) is 5.91 Å². The van der Waals surface area contributed by atoms with Gasteiger partial charge < -0.3 is 10.1 Å². The number of pyridine rings is 1. The lowest BCUT2D eigenvalue weighted by Gasteiger charge is -2.26. The molecule has 1 aliphatic heterocycles. The summed E-state index contributed by atoms with van der Waals surface area (Å²) < 4.78 is 4.99. The average Bonchev–Trinajstić information content (AvgIpc) is 2.30. The van der Waals surface area contributed by atoms with Gasteiger partial charge in [0.1, 0.15) is 0 Å². The van der Waals surface area contributed by atoms with E-state index in [1.54, 1.807) is 13.3 Å². The van der Waals surface area contributed by atoms with Crippen LogP contribution < -0.4 is 10.1 Å². The standard InChI is InChI=1S/C11H15N3O2/c1-16-11-3-2-9(6-13-11)7-14-5-4-12-10(15)8-14/h2-3,6H,4-5,7-8H2,1H3,(H,12,15). The van der Waals surface area contributed by atoms with E-state index in [4.69, 9.17) is 4.74 Å². The first-order valence-corrected chi connectivity index (χ1v) is 5.26. The maximum Gasteiger partial charge on any atom is 0.234 e. The number of hydrogen-bond donors (Lipinski definition) is 1. The largest absolute Gasteiger partial charge is 0.481 e. The Bertz CT molecular complexity index is 364. The number of carbonyl (C=O) groups excluding carboxylic acids is 1. The Morgan fingerprint density at radius 1 is 1.56 bits per heavy atom. The summed E-state index contributed by atoms with van der Waals surface area (Å²) in [5.41, 5.74) is 1.09. The van der Waals surface area contributed by atoms with Gasteiger partial charge in [0, 0.05) is 31.9 Å². The maximum absolute atomic E-state index is 11.2. The van der Waals surface area contributed by atoms with Crippen molar-refractivity contribution >= 4 is 5.91 Å². The second-order valence-corrected chi connectivity index (χ2v) is 3.77. The van der Waals surface area contributed by atoms with Crippen molar-refractivity contribution in [2.75, 3.05) is 26.7 Å². The molecule has 2 heterocycles. The Morgan fingerprint density at radius 3 is 3.06 bits per heavy atom. The van der Waals surface area contributed by atoms with Crippen LogP contribution in [-0.4, -0.2) is 42.5 Å². The molecule has 16 heavy (non-hydrogen) atoms. The van der Waals surface area contributed by atoms with E-state index in [0.717, 1.165) is 25.2 Å². The molecule has 5 nitrogen and oxygen atoms in total. The highest BCUT2D eigenvalue weighted by Gasteiger charge is 2.15. The van der Waals surface area contributed by atoms with Crippen LogP contribution in [0.3, 0.4) is 0 Å². The van der Waals surface area contributed by atoms with Crippen LogP contribution in [0.15, 0.2) is 18.3 Å². The molecule has 0 aliphatic carbocycles.